The Bertz CT molecular complexity index is 1170. The monoisotopic (exact) mass is 400 g/mol. The SMILES string of the molecule is Cc1cc(C)c(CNc2nc(-c3c(F)cccc3F)nn3c(Cl)cnc23)cn1. The molecule has 3 aromatic heterocycles. The zero-order chi connectivity index (χ0) is 19.8. The van der Waals surface area contributed by atoms with Crippen LogP contribution in [0.5, 0.6) is 0 Å². The Morgan fingerprint density at radius 3 is 2.57 bits per heavy atom. The second kappa shape index (κ2) is 7.12. The average molecular weight is 401 g/mol. The first-order chi connectivity index (χ1) is 13.4. The zero-order valence-corrected chi connectivity index (χ0v) is 15.8. The molecule has 0 spiro atoms. The normalized spacial score (nSPS) is 11.2. The number of hydrogen-bond acceptors (Lipinski definition) is 5. The van der Waals surface area contributed by atoms with Gasteiger partial charge in [-0.25, -0.2) is 18.7 Å². The molecule has 4 rings (SSSR count). The fraction of sp³-hybridized carbons (Fsp3) is 0.158. The van der Waals surface area contributed by atoms with E-state index in [1.165, 1.54) is 16.8 Å². The highest BCUT2D eigenvalue weighted by atomic mass is 35.5. The molecule has 9 heteroatoms. The van der Waals surface area contributed by atoms with E-state index >= 15 is 0 Å². The van der Waals surface area contributed by atoms with Crippen LogP contribution in [0.1, 0.15) is 16.8 Å². The van der Waals surface area contributed by atoms with E-state index in [0.29, 0.717) is 18.0 Å². The number of imidazole rings is 1. The molecule has 0 aliphatic carbocycles. The summed E-state index contributed by atoms with van der Waals surface area (Å²) in [5.74, 6) is -1.36. The van der Waals surface area contributed by atoms with Gasteiger partial charge in [0.15, 0.2) is 22.4 Å². The third-order valence-electron chi connectivity index (χ3n) is 4.31. The molecule has 6 nitrogen and oxygen atoms in total. The van der Waals surface area contributed by atoms with Gasteiger partial charge >= 0.3 is 0 Å². The van der Waals surface area contributed by atoms with Gasteiger partial charge in [-0.3, -0.25) is 4.98 Å². The minimum atomic E-state index is -0.764. The zero-order valence-electron chi connectivity index (χ0n) is 15.0. The summed E-state index contributed by atoms with van der Waals surface area (Å²) in [6.45, 7) is 4.29. The number of benzene rings is 1. The Hall–Kier alpha value is -3.13. The maximum atomic E-state index is 14.2. The highest BCUT2D eigenvalue weighted by Crippen LogP contribution is 2.26. The van der Waals surface area contributed by atoms with E-state index in [-0.39, 0.29) is 16.5 Å². The molecule has 0 radical (unpaired) electrons. The van der Waals surface area contributed by atoms with E-state index in [9.17, 15) is 8.78 Å². The van der Waals surface area contributed by atoms with Crippen LogP contribution < -0.4 is 5.32 Å². The molecule has 0 saturated carbocycles. The lowest BCUT2D eigenvalue weighted by atomic mass is 10.1. The summed E-state index contributed by atoms with van der Waals surface area (Å²) < 4.78 is 29.7. The van der Waals surface area contributed by atoms with Gasteiger partial charge in [-0.05, 0) is 43.2 Å². The number of nitrogens with zero attached hydrogens (tertiary/aromatic N) is 5. The van der Waals surface area contributed by atoms with Gasteiger partial charge in [-0.15, -0.1) is 5.10 Å². The number of pyridine rings is 1. The van der Waals surface area contributed by atoms with Crippen LogP contribution in [-0.4, -0.2) is 24.6 Å². The standard InChI is InChI=1S/C19H15ClF2N6/c1-10-6-11(2)23-7-12(10)8-24-18-19-25-9-15(20)28(19)27-17(26-18)16-13(21)4-3-5-14(16)22/h3-7,9H,8H2,1-2H3,(H,24,26,27). The Morgan fingerprint density at radius 2 is 1.86 bits per heavy atom. The molecule has 28 heavy (non-hydrogen) atoms. The van der Waals surface area contributed by atoms with Crippen molar-refractivity contribution in [1.82, 2.24) is 24.6 Å². The smallest absolute Gasteiger partial charge is 0.198 e. The van der Waals surface area contributed by atoms with Gasteiger partial charge in [0, 0.05) is 18.4 Å². The molecule has 1 aromatic carbocycles. The molecule has 0 unspecified atom stereocenters. The van der Waals surface area contributed by atoms with Crippen LogP contribution in [0.3, 0.4) is 0 Å². The van der Waals surface area contributed by atoms with Crippen molar-refractivity contribution < 1.29 is 8.78 Å². The highest BCUT2D eigenvalue weighted by molar-refractivity contribution is 6.29. The molecule has 0 aliphatic heterocycles. The molecule has 1 N–H and O–H groups in total. The van der Waals surface area contributed by atoms with E-state index in [0.717, 1.165) is 29.0 Å². The number of fused-ring (bicyclic) bond motifs is 1. The predicted octanol–water partition coefficient (Wildman–Crippen LogP) is 4.35. The maximum absolute atomic E-state index is 14.2. The van der Waals surface area contributed by atoms with Gasteiger partial charge in [-0.1, -0.05) is 17.7 Å². The molecule has 0 aliphatic rings. The lowest BCUT2D eigenvalue weighted by Gasteiger charge is -2.11. The van der Waals surface area contributed by atoms with E-state index in [2.05, 4.69) is 25.4 Å². The maximum Gasteiger partial charge on any atom is 0.198 e. The summed E-state index contributed by atoms with van der Waals surface area (Å²) in [5.41, 5.74) is 2.96. The molecule has 4 aromatic rings. The molecule has 3 heterocycles. The third-order valence-corrected chi connectivity index (χ3v) is 4.57. The molecular weight excluding hydrogens is 386 g/mol. The second-order valence-corrected chi connectivity index (χ2v) is 6.69. The van der Waals surface area contributed by atoms with Crippen LogP contribution in [0, 0.1) is 25.5 Å². The summed E-state index contributed by atoms with van der Waals surface area (Å²) in [6.07, 6.45) is 3.17. The molecule has 0 amide bonds. The predicted molar refractivity (Wildman–Crippen MR) is 102 cm³/mol. The van der Waals surface area contributed by atoms with Crippen LogP contribution in [0.25, 0.3) is 17.0 Å². The van der Waals surface area contributed by atoms with Crippen molar-refractivity contribution in [2.75, 3.05) is 5.32 Å². The average Bonchev–Trinajstić information content (AvgIpc) is 3.02. The molecule has 0 fully saturated rings. The summed E-state index contributed by atoms with van der Waals surface area (Å²) in [6, 6.07) is 5.55. The Morgan fingerprint density at radius 1 is 1.11 bits per heavy atom. The van der Waals surface area contributed by atoms with Gasteiger partial charge in [0.2, 0.25) is 0 Å². The minimum Gasteiger partial charge on any atom is -0.363 e. The van der Waals surface area contributed by atoms with Crippen LogP contribution >= 0.6 is 11.6 Å². The number of hydrogen-bond donors (Lipinski definition) is 1. The van der Waals surface area contributed by atoms with Crippen LogP contribution in [0.2, 0.25) is 5.15 Å². The quantitative estimate of drug-likeness (QED) is 0.551. The van der Waals surface area contributed by atoms with E-state index in [1.54, 1.807) is 6.20 Å². The number of nitrogens with one attached hydrogen (secondary N) is 1. The Kier molecular flexibility index (Phi) is 4.64. The number of aromatic nitrogens is 5. The molecule has 142 valence electrons. The molecular formula is C19H15ClF2N6. The van der Waals surface area contributed by atoms with Gasteiger partial charge in [-0.2, -0.15) is 4.52 Å². The van der Waals surface area contributed by atoms with Crippen molar-refractivity contribution in [2.45, 2.75) is 20.4 Å². The van der Waals surface area contributed by atoms with Gasteiger partial charge in [0.1, 0.15) is 11.6 Å². The van der Waals surface area contributed by atoms with Crippen molar-refractivity contribution in [3.05, 3.63) is 70.3 Å². The summed E-state index contributed by atoms with van der Waals surface area (Å²) in [4.78, 5) is 12.8. The number of rotatable bonds is 4. The topological polar surface area (TPSA) is 68.0 Å². The highest BCUT2D eigenvalue weighted by Gasteiger charge is 2.19. The van der Waals surface area contributed by atoms with E-state index < -0.39 is 11.6 Å². The van der Waals surface area contributed by atoms with Crippen molar-refractivity contribution in [1.29, 1.82) is 0 Å². The Balaban J connectivity index is 1.79. The lowest BCUT2D eigenvalue weighted by Crippen LogP contribution is -2.09. The van der Waals surface area contributed by atoms with Crippen LogP contribution in [0.4, 0.5) is 14.6 Å². The largest absolute Gasteiger partial charge is 0.363 e. The molecule has 0 saturated heterocycles. The summed E-state index contributed by atoms with van der Waals surface area (Å²) >= 11 is 6.13. The van der Waals surface area contributed by atoms with Crippen LogP contribution in [0.15, 0.2) is 36.7 Å². The fourth-order valence-corrected chi connectivity index (χ4v) is 3.05. The van der Waals surface area contributed by atoms with Gasteiger partial charge in [0.05, 0.1) is 11.8 Å². The first-order valence-corrected chi connectivity index (χ1v) is 8.83. The van der Waals surface area contributed by atoms with Gasteiger partial charge < -0.3 is 5.32 Å². The second-order valence-electron chi connectivity index (χ2n) is 6.30. The molecule has 0 atom stereocenters. The minimum absolute atomic E-state index is 0.135. The number of aryl methyl sites for hydroxylation is 2. The Labute approximate surface area is 164 Å². The third kappa shape index (κ3) is 3.27. The van der Waals surface area contributed by atoms with Crippen LogP contribution in [-0.2, 0) is 6.54 Å². The fourth-order valence-electron chi connectivity index (χ4n) is 2.88. The van der Waals surface area contributed by atoms with Gasteiger partial charge in [0.25, 0.3) is 0 Å². The van der Waals surface area contributed by atoms with E-state index in [1.807, 2.05) is 19.9 Å². The molecule has 0 bridgehead atoms. The van der Waals surface area contributed by atoms with Crippen molar-refractivity contribution in [3.8, 4) is 11.4 Å². The summed E-state index contributed by atoms with van der Waals surface area (Å²) in [7, 11) is 0. The van der Waals surface area contributed by atoms with Crippen molar-refractivity contribution >= 4 is 23.1 Å². The van der Waals surface area contributed by atoms with Crippen molar-refractivity contribution in [3.63, 3.8) is 0 Å². The van der Waals surface area contributed by atoms with Crippen molar-refractivity contribution in [2.24, 2.45) is 0 Å². The number of halogens is 3. The number of anilines is 1. The first-order valence-electron chi connectivity index (χ1n) is 8.45. The first kappa shape index (κ1) is 18.2. The van der Waals surface area contributed by atoms with E-state index in [4.69, 9.17) is 11.6 Å². The summed E-state index contributed by atoms with van der Waals surface area (Å²) in [5, 5.41) is 7.50. The lowest BCUT2D eigenvalue weighted by molar-refractivity contribution is 0.586.